The van der Waals surface area contributed by atoms with E-state index in [4.69, 9.17) is 23.8 Å². The Labute approximate surface area is 204 Å². The van der Waals surface area contributed by atoms with E-state index in [0.717, 1.165) is 5.56 Å². The molecule has 34 heavy (non-hydrogen) atoms. The summed E-state index contributed by atoms with van der Waals surface area (Å²) in [7, 11) is 0. The molecule has 0 aliphatic rings. The predicted molar refractivity (Wildman–Crippen MR) is 132 cm³/mol. The first kappa shape index (κ1) is 23.6. The van der Waals surface area contributed by atoms with Crippen molar-refractivity contribution in [2.75, 3.05) is 5.32 Å². The number of anilines is 1. The van der Waals surface area contributed by atoms with E-state index < -0.39 is 12.2 Å². The Morgan fingerprint density at radius 1 is 1.06 bits per heavy atom. The van der Waals surface area contributed by atoms with Gasteiger partial charge in [-0.3, -0.25) is 0 Å². The SMILES string of the molecule is N#Cc1ccc2c(C(NC(=S)Nc3ccccc3)C(F)(F)F)cn(Cc3ccc(Cl)cc3)c2c1. The van der Waals surface area contributed by atoms with Gasteiger partial charge in [-0.2, -0.15) is 18.4 Å². The lowest BCUT2D eigenvalue weighted by molar-refractivity contribution is -0.153. The van der Waals surface area contributed by atoms with Crippen LogP contribution in [-0.2, 0) is 6.54 Å². The summed E-state index contributed by atoms with van der Waals surface area (Å²) >= 11 is 11.1. The van der Waals surface area contributed by atoms with Crippen LogP contribution in [0.1, 0.15) is 22.7 Å². The molecule has 9 heteroatoms. The van der Waals surface area contributed by atoms with E-state index in [1.807, 2.05) is 6.07 Å². The molecule has 0 spiro atoms. The third-order valence-electron chi connectivity index (χ3n) is 5.25. The number of alkyl halides is 3. The van der Waals surface area contributed by atoms with Crippen LogP contribution in [-0.4, -0.2) is 15.9 Å². The number of hydrogen-bond acceptors (Lipinski definition) is 2. The average Bonchev–Trinajstić information content (AvgIpc) is 3.16. The number of halogens is 4. The molecule has 0 bridgehead atoms. The lowest BCUT2D eigenvalue weighted by atomic mass is 10.0. The summed E-state index contributed by atoms with van der Waals surface area (Å²) in [5, 5.41) is 15.3. The van der Waals surface area contributed by atoms with Crippen LogP contribution < -0.4 is 10.6 Å². The monoisotopic (exact) mass is 498 g/mol. The maximum atomic E-state index is 14.2. The van der Waals surface area contributed by atoms with Gasteiger partial charge in [0.25, 0.3) is 0 Å². The first-order valence-corrected chi connectivity index (χ1v) is 11.0. The number of nitrogens with one attached hydrogen (secondary N) is 2. The van der Waals surface area contributed by atoms with Crippen LogP contribution in [0.5, 0.6) is 0 Å². The summed E-state index contributed by atoms with van der Waals surface area (Å²) in [6.45, 7) is 0.305. The van der Waals surface area contributed by atoms with E-state index in [9.17, 15) is 18.4 Å². The first-order chi connectivity index (χ1) is 16.2. The zero-order valence-corrected chi connectivity index (χ0v) is 19.2. The lowest BCUT2D eigenvalue weighted by Gasteiger charge is -2.23. The molecule has 4 aromatic rings. The van der Waals surface area contributed by atoms with Crippen molar-refractivity contribution in [3.8, 4) is 6.07 Å². The summed E-state index contributed by atoms with van der Waals surface area (Å²) in [5.74, 6) is 0. The Hall–Kier alpha value is -3.54. The van der Waals surface area contributed by atoms with Gasteiger partial charge < -0.3 is 15.2 Å². The Balaban J connectivity index is 1.74. The molecule has 0 aliphatic carbocycles. The summed E-state index contributed by atoms with van der Waals surface area (Å²) in [5.41, 5.74) is 2.31. The van der Waals surface area contributed by atoms with Crippen LogP contribution in [0, 0.1) is 11.3 Å². The molecule has 172 valence electrons. The number of thiocarbonyl (C=S) groups is 1. The van der Waals surface area contributed by atoms with E-state index in [1.54, 1.807) is 65.2 Å². The van der Waals surface area contributed by atoms with Crippen LogP contribution in [0.15, 0.2) is 79.0 Å². The van der Waals surface area contributed by atoms with E-state index in [-0.39, 0.29) is 10.7 Å². The maximum absolute atomic E-state index is 14.2. The highest BCUT2D eigenvalue weighted by Crippen LogP contribution is 2.38. The summed E-state index contributed by atoms with van der Waals surface area (Å²) in [6.07, 6.45) is -3.17. The number of fused-ring (bicyclic) bond motifs is 1. The van der Waals surface area contributed by atoms with Gasteiger partial charge in [-0.1, -0.05) is 48.0 Å². The predicted octanol–water partition coefficient (Wildman–Crippen LogP) is 6.80. The van der Waals surface area contributed by atoms with Crippen molar-refractivity contribution in [3.05, 3.63) is 101 Å². The number of rotatable bonds is 5. The van der Waals surface area contributed by atoms with E-state index in [0.29, 0.717) is 33.7 Å². The standard InChI is InChI=1S/C25H18ClF3N4S/c26-18-9-6-16(7-10-18)14-33-15-21(20-11-8-17(13-30)12-22(20)33)23(25(27,28)29)32-24(34)31-19-4-2-1-3-5-19/h1-12,15,23H,14H2,(H2,31,32,34). The van der Waals surface area contributed by atoms with Gasteiger partial charge in [0.1, 0.15) is 0 Å². The molecule has 0 fully saturated rings. The minimum Gasteiger partial charge on any atom is -0.347 e. The molecular formula is C25H18ClF3N4S. The molecule has 4 rings (SSSR count). The average molecular weight is 499 g/mol. The fourth-order valence-electron chi connectivity index (χ4n) is 3.69. The summed E-state index contributed by atoms with van der Waals surface area (Å²) in [6, 6.07) is 20.4. The Morgan fingerprint density at radius 2 is 1.76 bits per heavy atom. The zero-order chi connectivity index (χ0) is 24.3. The number of para-hydroxylation sites is 1. The number of aromatic nitrogens is 1. The Morgan fingerprint density at radius 3 is 2.41 bits per heavy atom. The van der Waals surface area contributed by atoms with E-state index in [2.05, 4.69) is 10.6 Å². The zero-order valence-electron chi connectivity index (χ0n) is 17.6. The van der Waals surface area contributed by atoms with Gasteiger partial charge in [-0.05, 0) is 54.2 Å². The molecule has 0 saturated carbocycles. The number of benzene rings is 3. The second-order valence-corrected chi connectivity index (χ2v) is 8.47. The molecule has 1 aromatic heterocycles. The van der Waals surface area contributed by atoms with Crippen LogP contribution in [0.4, 0.5) is 18.9 Å². The second kappa shape index (κ2) is 9.75. The largest absolute Gasteiger partial charge is 0.412 e. The van der Waals surface area contributed by atoms with Gasteiger partial charge in [-0.15, -0.1) is 0 Å². The molecule has 2 N–H and O–H groups in total. The van der Waals surface area contributed by atoms with Gasteiger partial charge in [0.15, 0.2) is 11.2 Å². The quantitative estimate of drug-likeness (QED) is 0.297. The van der Waals surface area contributed by atoms with Crippen molar-refractivity contribution < 1.29 is 13.2 Å². The number of hydrogen-bond donors (Lipinski definition) is 2. The molecule has 1 unspecified atom stereocenters. The smallest absolute Gasteiger partial charge is 0.347 e. The highest BCUT2D eigenvalue weighted by molar-refractivity contribution is 7.80. The molecule has 1 atom stereocenters. The molecule has 3 aromatic carbocycles. The van der Waals surface area contributed by atoms with Crippen molar-refractivity contribution in [1.82, 2.24) is 9.88 Å². The van der Waals surface area contributed by atoms with Gasteiger partial charge in [0.05, 0.1) is 11.6 Å². The molecule has 4 nitrogen and oxygen atoms in total. The fourth-order valence-corrected chi connectivity index (χ4v) is 4.05. The maximum Gasteiger partial charge on any atom is 0.412 e. The van der Waals surface area contributed by atoms with Crippen LogP contribution >= 0.6 is 23.8 Å². The van der Waals surface area contributed by atoms with E-state index >= 15 is 0 Å². The molecule has 1 heterocycles. The third-order valence-corrected chi connectivity index (χ3v) is 5.73. The molecular weight excluding hydrogens is 481 g/mol. The first-order valence-electron chi connectivity index (χ1n) is 10.2. The van der Waals surface area contributed by atoms with E-state index in [1.165, 1.54) is 18.3 Å². The van der Waals surface area contributed by atoms with Gasteiger partial charge in [0.2, 0.25) is 0 Å². The third kappa shape index (κ3) is 5.33. The minimum atomic E-state index is -4.63. The fraction of sp³-hybridized carbons (Fsp3) is 0.120. The van der Waals surface area contributed by atoms with Gasteiger partial charge in [0, 0.05) is 39.9 Å². The van der Waals surface area contributed by atoms with Crippen molar-refractivity contribution in [2.24, 2.45) is 0 Å². The topological polar surface area (TPSA) is 52.8 Å². The minimum absolute atomic E-state index is 0.0122. The number of nitriles is 1. The summed E-state index contributed by atoms with van der Waals surface area (Å²) in [4.78, 5) is 0. The highest BCUT2D eigenvalue weighted by Gasteiger charge is 2.43. The highest BCUT2D eigenvalue weighted by atomic mass is 35.5. The van der Waals surface area contributed by atoms with Crippen LogP contribution in [0.2, 0.25) is 5.02 Å². The number of nitrogens with zero attached hydrogens (tertiary/aromatic N) is 2. The Bertz CT molecular complexity index is 1360. The Kier molecular flexibility index (Phi) is 6.77. The normalized spacial score (nSPS) is 12.2. The van der Waals surface area contributed by atoms with Gasteiger partial charge in [-0.25, -0.2) is 0 Å². The summed E-state index contributed by atoms with van der Waals surface area (Å²) < 4.78 is 44.4. The van der Waals surface area contributed by atoms with Crippen molar-refractivity contribution in [3.63, 3.8) is 0 Å². The van der Waals surface area contributed by atoms with Crippen molar-refractivity contribution in [2.45, 2.75) is 18.8 Å². The second-order valence-electron chi connectivity index (χ2n) is 7.62. The van der Waals surface area contributed by atoms with Crippen molar-refractivity contribution in [1.29, 1.82) is 5.26 Å². The van der Waals surface area contributed by atoms with Crippen molar-refractivity contribution >= 4 is 45.5 Å². The molecule has 0 amide bonds. The lowest BCUT2D eigenvalue weighted by Crippen LogP contribution is -2.40. The van der Waals surface area contributed by atoms with Crippen LogP contribution in [0.25, 0.3) is 10.9 Å². The van der Waals surface area contributed by atoms with Gasteiger partial charge >= 0.3 is 6.18 Å². The molecule has 0 radical (unpaired) electrons. The molecule has 0 aliphatic heterocycles. The van der Waals surface area contributed by atoms with Crippen LogP contribution in [0.3, 0.4) is 0 Å². The molecule has 0 saturated heterocycles.